The number of nitrogens with zero attached hydrogens (tertiary/aromatic N) is 1. The first kappa shape index (κ1) is 13.8. The monoisotopic (exact) mass is 347 g/mol. The standard InChI is InChI=1S/C17H22BrN3/c1-21(15-7-13-3-4-14(8-15)20-13)10-11-9-19-17-5-2-12(18)6-16(11)17/h2,5-6,9,13-15,19-20H,3-4,7-8,10H2,1H3. The van der Waals surface area contributed by atoms with Crippen molar-refractivity contribution in [2.24, 2.45) is 0 Å². The Kier molecular flexibility index (Phi) is 3.56. The second-order valence-electron chi connectivity index (χ2n) is 6.68. The first-order chi connectivity index (χ1) is 10.2. The van der Waals surface area contributed by atoms with E-state index in [9.17, 15) is 0 Å². The Morgan fingerprint density at radius 3 is 2.76 bits per heavy atom. The maximum Gasteiger partial charge on any atom is 0.0458 e. The van der Waals surface area contributed by atoms with E-state index in [0.717, 1.165) is 29.1 Å². The predicted octanol–water partition coefficient (Wildman–Crippen LogP) is 3.65. The van der Waals surface area contributed by atoms with Crippen molar-refractivity contribution in [1.29, 1.82) is 0 Å². The van der Waals surface area contributed by atoms with Gasteiger partial charge in [-0.15, -0.1) is 0 Å². The lowest BCUT2D eigenvalue weighted by Gasteiger charge is -2.35. The van der Waals surface area contributed by atoms with E-state index in [0.29, 0.717) is 0 Å². The normalized spacial score (nSPS) is 28.6. The van der Waals surface area contributed by atoms with Gasteiger partial charge in [-0.1, -0.05) is 15.9 Å². The zero-order valence-corrected chi connectivity index (χ0v) is 14.0. The van der Waals surface area contributed by atoms with Gasteiger partial charge >= 0.3 is 0 Å². The number of piperidine rings is 1. The molecule has 2 aliphatic heterocycles. The highest BCUT2D eigenvalue weighted by Gasteiger charge is 2.35. The zero-order chi connectivity index (χ0) is 14.4. The molecule has 3 heterocycles. The fraction of sp³-hybridized carbons (Fsp3) is 0.529. The van der Waals surface area contributed by atoms with Crippen LogP contribution in [0.3, 0.4) is 0 Å². The molecule has 0 aliphatic carbocycles. The van der Waals surface area contributed by atoms with Crippen molar-refractivity contribution in [3.05, 3.63) is 34.4 Å². The molecule has 2 bridgehead atoms. The van der Waals surface area contributed by atoms with Gasteiger partial charge in [0.1, 0.15) is 0 Å². The number of rotatable bonds is 3. The third-order valence-corrected chi connectivity index (χ3v) is 5.71. The molecule has 21 heavy (non-hydrogen) atoms. The molecule has 2 unspecified atom stereocenters. The Hall–Kier alpha value is -0.840. The molecule has 1 aromatic carbocycles. The third-order valence-electron chi connectivity index (χ3n) is 5.22. The maximum atomic E-state index is 3.73. The first-order valence-corrected chi connectivity index (χ1v) is 8.70. The number of H-pyrrole nitrogens is 1. The van der Waals surface area contributed by atoms with Crippen molar-refractivity contribution in [2.45, 2.75) is 50.4 Å². The second kappa shape index (κ2) is 5.41. The molecule has 4 rings (SSSR count). The molecule has 2 fully saturated rings. The second-order valence-corrected chi connectivity index (χ2v) is 7.60. The van der Waals surface area contributed by atoms with Gasteiger partial charge in [-0.05, 0) is 56.5 Å². The van der Waals surface area contributed by atoms with Crippen molar-refractivity contribution in [1.82, 2.24) is 15.2 Å². The Balaban J connectivity index is 1.52. The number of aromatic amines is 1. The number of fused-ring (bicyclic) bond motifs is 3. The summed E-state index contributed by atoms with van der Waals surface area (Å²) < 4.78 is 1.15. The molecule has 0 radical (unpaired) electrons. The van der Waals surface area contributed by atoms with E-state index < -0.39 is 0 Å². The van der Waals surface area contributed by atoms with Crippen LogP contribution >= 0.6 is 15.9 Å². The molecule has 0 saturated carbocycles. The number of hydrogen-bond donors (Lipinski definition) is 2. The van der Waals surface area contributed by atoms with Crippen LogP contribution in [0.5, 0.6) is 0 Å². The number of hydrogen-bond acceptors (Lipinski definition) is 2. The summed E-state index contributed by atoms with van der Waals surface area (Å²) in [6.07, 6.45) is 7.52. The third kappa shape index (κ3) is 2.65. The van der Waals surface area contributed by atoms with Crippen LogP contribution in [0.25, 0.3) is 10.9 Å². The molecule has 0 amide bonds. The van der Waals surface area contributed by atoms with Crippen LogP contribution in [0.4, 0.5) is 0 Å². The summed E-state index contributed by atoms with van der Waals surface area (Å²) in [5, 5.41) is 5.07. The van der Waals surface area contributed by atoms with Gasteiger partial charge in [-0.3, -0.25) is 4.90 Å². The quantitative estimate of drug-likeness (QED) is 0.887. The molecule has 2 N–H and O–H groups in total. The van der Waals surface area contributed by atoms with Gasteiger partial charge in [0.2, 0.25) is 0 Å². The predicted molar refractivity (Wildman–Crippen MR) is 90.4 cm³/mol. The molecule has 2 aliphatic rings. The smallest absolute Gasteiger partial charge is 0.0458 e. The number of aromatic nitrogens is 1. The highest BCUT2D eigenvalue weighted by molar-refractivity contribution is 9.10. The van der Waals surface area contributed by atoms with Crippen LogP contribution in [0.15, 0.2) is 28.9 Å². The summed E-state index contributed by atoms with van der Waals surface area (Å²) in [4.78, 5) is 5.94. The molecule has 2 atom stereocenters. The molecule has 2 saturated heterocycles. The number of benzene rings is 1. The first-order valence-electron chi connectivity index (χ1n) is 7.91. The minimum Gasteiger partial charge on any atom is -0.361 e. The van der Waals surface area contributed by atoms with E-state index in [1.54, 1.807) is 0 Å². The van der Waals surface area contributed by atoms with E-state index in [4.69, 9.17) is 0 Å². The summed E-state index contributed by atoms with van der Waals surface area (Å²) in [5.41, 5.74) is 2.63. The van der Waals surface area contributed by atoms with Gasteiger partial charge in [0.15, 0.2) is 0 Å². The number of halogens is 1. The van der Waals surface area contributed by atoms with E-state index in [1.807, 2.05) is 0 Å². The van der Waals surface area contributed by atoms with Crippen LogP contribution < -0.4 is 5.32 Å². The molecular formula is C17H22BrN3. The Bertz CT molecular complexity index is 639. The number of nitrogens with one attached hydrogen (secondary N) is 2. The summed E-state index contributed by atoms with van der Waals surface area (Å²) in [6.45, 7) is 1.03. The van der Waals surface area contributed by atoms with Crippen LogP contribution in [-0.4, -0.2) is 35.1 Å². The fourth-order valence-electron chi connectivity index (χ4n) is 4.07. The van der Waals surface area contributed by atoms with Crippen molar-refractivity contribution in [3.63, 3.8) is 0 Å². The molecule has 0 spiro atoms. The average molecular weight is 348 g/mol. The van der Waals surface area contributed by atoms with E-state index in [-0.39, 0.29) is 0 Å². The summed E-state index contributed by atoms with van der Waals surface area (Å²) in [5.74, 6) is 0. The molecule has 1 aromatic heterocycles. The van der Waals surface area contributed by atoms with Crippen molar-refractivity contribution < 1.29 is 0 Å². The van der Waals surface area contributed by atoms with Crippen LogP contribution in [-0.2, 0) is 6.54 Å². The van der Waals surface area contributed by atoms with E-state index >= 15 is 0 Å². The van der Waals surface area contributed by atoms with Gasteiger partial charge in [0.05, 0.1) is 0 Å². The lowest BCUT2D eigenvalue weighted by atomic mass is 9.98. The summed E-state index contributed by atoms with van der Waals surface area (Å²) in [7, 11) is 2.28. The van der Waals surface area contributed by atoms with Crippen molar-refractivity contribution >= 4 is 26.8 Å². The highest BCUT2D eigenvalue weighted by Crippen LogP contribution is 2.31. The van der Waals surface area contributed by atoms with E-state index in [1.165, 1.54) is 42.1 Å². The van der Waals surface area contributed by atoms with Crippen molar-refractivity contribution in [3.8, 4) is 0 Å². The minimum atomic E-state index is 0.723. The molecule has 112 valence electrons. The van der Waals surface area contributed by atoms with Gasteiger partial charge < -0.3 is 10.3 Å². The largest absolute Gasteiger partial charge is 0.361 e. The van der Waals surface area contributed by atoms with Gasteiger partial charge in [0.25, 0.3) is 0 Å². The maximum absolute atomic E-state index is 3.73. The Labute approximate surface area is 134 Å². The molecule has 4 heteroatoms. The molecule has 3 nitrogen and oxygen atoms in total. The van der Waals surface area contributed by atoms with Gasteiger partial charge in [-0.2, -0.15) is 0 Å². The topological polar surface area (TPSA) is 31.1 Å². The van der Waals surface area contributed by atoms with E-state index in [2.05, 4.69) is 62.6 Å². The van der Waals surface area contributed by atoms with Crippen molar-refractivity contribution in [2.75, 3.05) is 7.05 Å². The Morgan fingerprint density at radius 1 is 1.24 bits per heavy atom. The van der Waals surface area contributed by atoms with Gasteiger partial charge in [0, 0.05) is 46.2 Å². The fourth-order valence-corrected chi connectivity index (χ4v) is 4.43. The molecule has 2 aromatic rings. The zero-order valence-electron chi connectivity index (χ0n) is 12.4. The van der Waals surface area contributed by atoms with Crippen LogP contribution in [0, 0.1) is 0 Å². The highest BCUT2D eigenvalue weighted by atomic mass is 79.9. The summed E-state index contributed by atoms with van der Waals surface area (Å²) >= 11 is 3.58. The van der Waals surface area contributed by atoms with Crippen LogP contribution in [0.2, 0.25) is 0 Å². The summed E-state index contributed by atoms with van der Waals surface area (Å²) in [6, 6.07) is 8.70. The lowest BCUT2D eigenvalue weighted by Crippen LogP contribution is -2.46. The minimum absolute atomic E-state index is 0.723. The average Bonchev–Trinajstić information content (AvgIpc) is 3.02. The SMILES string of the molecule is CN(Cc1c[nH]c2ccc(Br)cc12)C1CC2CCC(C1)N2. The lowest BCUT2D eigenvalue weighted by molar-refractivity contribution is 0.166. The Morgan fingerprint density at radius 2 is 2.00 bits per heavy atom. The molecular weight excluding hydrogens is 326 g/mol. The van der Waals surface area contributed by atoms with Crippen LogP contribution in [0.1, 0.15) is 31.2 Å². The van der Waals surface area contributed by atoms with Gasteiger partial charge in [-0.25, -0.2) is 0 Å².